The van der Waals surface area contributed by atoms with Crippen LogP contribution in [-0.4, -0.2) is 32.2 Å². The Hall–Kier alpha value is -1.96. The third-order valence-corrected chi connectivity index (χ3v) is 8.21. The van der Waals surface area contributed by atoms with Gasteiger partial charge >= 0.3 is 0 Å². The van der Waals surface area contributed by atoms with Crippen LogP contribution in [0.3, 0.4) is 0 Å². The molecular formula is C24H30Cl2N2O4S. The van der Waals surface area contributed by atoms with E-state index in [1.54, 1.807) is 13.0 Å². The SMILES string of the molecule is CC[C@@H](C(=O)N[C@H]1CC(CC)(CC)Oc2ccccc21)N(c1ccc(Cl)c(Cl)c1)S(C)(=O)=O. The molecule has 1 heterocycles. The van der Waals surface area contributed by atoms with E-state index in [2.05, 4.69) is 19.2 Å². The van der Waals surface area contributed by atoms with Crippen molar-refractivity contribution < 1.29 is 17.9 Å². The first-order valence-corrected chi connectivity index (χ1v) is 13.7. The number of nitrogens with zero attached hydrogens (tertiary/aromatic N) is 1. The Balaban J connectivity index is 1.97. The number of anilines is 1. The molecule has 0 spiro atoms. The molecule has 6 nitrogen and oxygen atoms in total. The normalized spacial score (nSPS) is 18.1. The van der Waals surface area contributed by atoms with Crippen LogP contribution in [0, 0.1) is 0 Å². The highest BCUT2D eigenvalue weighted by atomic mass is 35.5. The second-order valence-electron chi connectivity index (χ2n) is 8.38. The number of hydrogen-bond donors (Lipinski definition) is 1. The van der Waals surface area contributed by atoms with Gasteiger partial charge in [-0.1, -0.05) is 62.2 Å². The zero-order valence-electron chi connectivity index (χ0n) is 19.3. The van der Waals surface area contributed by atoms with Crippen molar-refractivity contribution in [3.8, 4) is 5.75 Å². The highest BCUT2D eigenvalue weighted by molar-refractivity contribution is 7.92. The summed E-state index contributed by atoms with van der Waals surface area (Å²) in [5.41, 5.74) is 0.783. The number of para-hydroxylation sites is 1. The second-order valence-corrected chi connectivity index (χ2v) is 11.1. The number of carbonyl (C=O) groups excluding carboxylic acids is 1. The van der Waals surface area contributed by atoms with Gasteiger partial charge in [0, 0.05) is 12.0 Å². The molecule has 0 radical (unpaired) electrons. The Morgan fingerprint density at radius 1 is 1.15 bits per heavy atom. The van der Waals surface area contributed by atoms with Crippen LogP contribution >= 0.6 is 23.2 Å². The number of rotatable bonds is 8. The lowest BCUT2D eigenvalue weighted by atomic mass is 9.83. The van der Waals surface area contributed by atoms with Gasteiger partial charge in [-0.25, -0.2) is 8.42 Å². The van der Waals surface area contributed by atoms with E-state index >= 15 is 0 Å². The van der Waals surface area contributed by atoms with Crippen LogP contribution in [0.25, 0.3) is 0 Å². The molecule has 0 saturated heterocycles. The van der Waals surface area contributed by atoms with Gasteiger partial charge in [0.2, 0.25) is 15.9 Å². The van der Waals surface area contributed by atoms with Gasteiger partial charge in [-0.2, -0.15) is 0 Å². The molecule has 2 aromatic carbocycles. The van der Waals surface area contributed by atoms with Crippen molar-refractivity contribution in [2.75, 3.05) is 10.6 Å². The molecule has 0 fully saturated rings. The predicted octanol–water partition coefficient (Wildman–Crippen LogP) is 5.74. The number of carbonyl (C=O) groups is 1. The Labute approximate surface area is 206 Å². The van der Waals surface area contributed by atoms with E-state index in [-0.39, 0.29) is 29.1 Å². The number of nitrogens with one attached hydrogen (secondary N) is 1. The lowest BCUT2D eigenvalue weighted by Crippen LogP contribution is -2.52. The second kappa shape index (κ2) is 10.1. The van der Waals surface area contributed by atoms with Crippen molar-refractivity contribution in [3.05, 3.63) is 58.1 Å². The molecular weight excluding hydrogens is 483 g/mol. The maximum absolute atomic E-state index is 13.5. The molecule has 0 bridgehead atoms. The summed E-state index contributed by atoms with van der Waals surface area (Å²) in [5, 5.41) is 3.63. The summed E-state index contributed by atoms with van der Waals surface area (Å²) in [4.78, 5) is 13.5. The third kappa shape index (κ3) is 5.42. The van der Waals surface area contributed by atoms with E-state index in [0.717, 1.165) is 34.7 Å². The maximum Gasteiger partial charge on any atom is 0.244 e. The average Bonchev–Trinajstić information content (AvgIpc) is 2.78. The van der Waals surface area contributed by atoms with Gasteiger partial charge in [0.1, 0.15) is 17.4 Å². The lowest BCUT2D eigenvalue weighted by molar-refractivity contribution is -0.123. The number of benzene rings is 2. The van der Waals surface area contributed by atoms with Gasteiger partial charge in [0.05, 0.1) is 28.0 Å². The van der Waals surface area contributed by atoms with Crippen LogP contribution in [-0.2, 0) is 14.8 Å². The summed E-state index contributed by atoms with van der Waals surface area (Å²) in [5.74, 6) is 0.368. The molecule has 0 aromatic heterocycles. The maximum atomic E-state index is 13.5. The molecule has 1 amide bonds. The molecule has 9 heteroatoms. The summed E-state index contributed by atoms with van der Waals surface area (Å²) in [6, 6.07) is 10.9. The molecule has 0 saturated carbocycles. The van der Waals surface area contributed by atoms with Gasteiger partial charge in [-0.3, -0.25) is 9.10 Å². The van der Waals surface area contributed by atoms with Crippen molar-refractivity contribution in [1.29, 1.82) is 0 Å². The topological polar surface area (TPSA) is 75.7 Å². The minimum atomic E-state index is -3.79. The van der Waals surface area contributed by atoms with Crippen molar-refractivity contribution in [3.63, 3.8) is 0 Å². The quantitative estimate of drug-likeness (QED) is 0.489. The van der Waals surface area contributed by atoms with Crippen LogP contribution in [0.5, 0.6) is 5.75 Å². The van der Waals surface area contributed by atoms with Crippen LogP contribution in [0.15, 0.2) is 42.5 Å². The molecule has 0 aliphatic carbocycles. The average molecular weight is 513 g/mol. The smallest absolute Gasteiger partial charge is 0.244 e. The minimum absolute atomic E-state index is 0.215. The first kappa shape index (κ1) is 25.7. The van der Waals surface area contributed by atoms with Crippen molar-refractivity contribution >= 4 is 44.8 Å². The monoisotopic (exact) mass is 512 g/mol. The van der Waals surface area contributed by atoms with E-state index in [1.165, 1.54) is 12.1 Å². The van der Waals surface area contributed by atoms with E-state index in [4.69, 9.17) is 27.9 Å². The fourth-order valence-electron chi connectivity index (χ4n) is 4.38. The lowest BCUT2D eigenvalue weighted by Gasteiger charge is -2.42. The predicted molar refractivity (Wildman–Crippen MR) is 134 cm³/mol. The highest BCUT2D eigenvalue weighted by Gasteiger charge is 2.40. The molecule has 1 aliphatic heterocycles. The number of hydrogen-bond acceptors (Lipinski definition) is 4. The summed E-state index contributed by atoms with van der Waals surface area (Å²) in [7, 11) is -3.79. The van der Waals surface area contributed by atoms with Gasteiger partial charge in [0.25, 0.3) is 0 Å². The number of sulfonamides is 1. The Morgan fingerprint density at radius 2 is 1.82 bits per heavy atom. The number of amides is 1. The number of ether oxygens (including phenoxy) is 1. The van der Waals surface area contributed by atoms with Gasteiger partial charge in [-0.05, 0) is 43.5 Å². The van der Waals surface area contributed by atoms with Gasteiger partial charge < -0.3 is 10.1 Å². The molecule has 180 valence electrons. The summed E-state index contributed by atoms with van der Waals surface area (Å²) in [6.45, 7) is 5.92. The van der Waals surface area contributed by atoms with Gasteiger partial charge in [-0.15, -0.1) is 0 Å². The molecule has 33 heavy (non-hydrogen) atoms. The van der Waals surface area contributed by atoms with Crippen LogP contribution in [0.2, 0.25) is 10.0 Å². The summed E-state index contributed by atoms with van der Waals surface area (Å²) >= 11 is 12.2. The van der Waals surface area contributed by atoms with E-state index in [1.807, 2.05) is 24.3 Å². The number of halogens is 2. The molecule has 0 unspecified atom stereocenters. The Morgan fingerprint density at radius 3 is 2.39 bits per heavy atom. The van der Waals surface area contributed by atoms with Crippen molar-refractivity contribution in [2.45, 2.75) is 64.1 Å². The van der Waals surface area contributed by atoms with E-state index < -0.39 is 21.7 Å². The minimum Gasteiger partial charge on any atom is -0.487 e. The molecule has 2 atom stereocenters. The van der Waals surface area contributed by atoms with Crippen LogP contribution < -0.4 is 14.4 Å². The van der Waals surface area contributed by atoms with Crippen LogP contribution in [0.4, 0.5) is 5.69 Å². The Bertz CT molecular complexity index is 1120. The van der Waals surface area contributed by atoms with E-state index in [9.17, 15) is 13.2 Å². The first-order valence-electron chi connectivity index (χ1n) is 11.1. The molecule has 3 rings (SSSR count). The van der Waals surface area contributed by atoms with E-state index in [0.29, 0.717) is 11.4 Å². The summed E-state index contributed by atoms with van der Waals surface area (Å²) in [6.07, 6.45) is 3.54. The largest absolute Gasteiger partial charge is 0.487 e. The molecule has 1 N–H and O–H groups in total. The number of fused-ring (bicyclic) bond motifs is 1. The molecule has 1 aliphatic rings. The van der Waals surface area contributed by atoms with Crippen molar-refractivity contribution in [1.82, 2.24) is 5.32 Å². The zero-order chi connectivity index (χ0) is 24.4. The summed E-state index contributed by atoms with van der Waals surface area (Å²) < 4.78 is 33.0. The fraction of sp³-hybridized carbons (Fsp3) is 0.458. The van der Waals surface area contributed by atoms with Gasteiger partial charge in [0.15, 0.2) is 0 Å². The Kier molecular flexibility index (Phi) is 7.87. The first-order chi connectivity index (χ1) is 15.5. The standard InChI is InChI=1S/C24H30Cl2N2O4S/c1-5-21(28(33(4,30)31)16-12-13-18(25)19(26)14-16)23(29)27-20-15-24(6-2,7-3)32-22-11-9-8-10-17(20)22/h8-14,20-21H,5-7,15H2,1-4H3,(H,27,29)/t20-,21-/m0/s1. The van der Waals surface area contributed by atoms with Crippen molar-refractivity contribution in [2.24, 2.45) is 0 Å². The van der Waals surface area contributed by atoms with Crippen LogP contribution in [0.1, 0.15) is 58.1 Å². The zero-order valence-corrected chi connectivity index (χ0v) is 21.6. The third-order valence-electron chi connectivity index (χ3n) is 6.29. The molecule has 2 aromatic rings. The fourth-order valence-corrected chi connectivity index (χ4v) is 5.88. The highest BCUT2D eigenvalue weighted by Crippen LogP contribution is 2.42.